The molecule has 0 radical (unpaired) electrons. The van der Waals surface area contributed by atoms with Crippen LogP contribution in [0.3, 0.4) is 0 Å². The summed E-state index contributed by atoms with van der Waals surface area (Å²) in [5.41, 5.74) is 0. The summed E-state index contributed by atoms with van der Waals surface area (Å²) in [6, 6.07) is 0. The third kappa shape index (κ3) is 11.1. The van der Waals surface area contributed by atoms with Crippen molar-refractivity contribution in [1.82, 2.24) is 0 Å². The largest absolute Gasteiger partial charge is 0.466 e. The number of hydrogen-bond donors (Lipinski definition) is 0. The molecule has 0 N–H and O–H groups in total. The van der Waals surface area contributed by atoms with Gasteiger partial charge < -0.3 is 4.74 Å². The van der Waals surface area contributed by atoms with Crippen molar-refractivity contribution in [2.45, 2.75) is 98.8 Å². The zero-order valence-corrected chi connectivity index (χ0v) is 15.8. The lowest BCUT2D eigenvalue weighted by atomic mass is 9.90. The van der Waals surface area contributed by atoms with E-state index < -0.39 is 0 Å². The quantitative estimate of drug-likeness (QED) is 0.275. The van der Waals surface area contributed by atoms with E-state index in [0.29, 0.717) is 6.61 Å². The zero-order valence-electron chi connectivity index (χ0n) is 15.8. The summed E-state index contributed by atoms with van der Waals surface area (Å²) in [5, 5.41) is 0. The molecule has 132 valence electrons. The Bertz CT molecular complexity index is 262. The van der Waals surface area contributed by atoms with E-state index in [1.165, 1.54) is 44.9 Å². The van der Waals surface area contributed by atoms with Crippen LogP contribution >= 0.6 is 0 Å². The first-order chi connectivity index (χ1) is 10.5. The molecule has 0 heterocycles. The molecule has 0 saturated heterocycles. The van der Waals surface area contributed by atoms with Crippen molar-refractivity contribution < 1.29 is 9.53 Å². The van der Waals surface area contributed by atoms with Crippen molar-refractivity contribution in [2.24, 2.45) is 17.8 Å². The van der Waals surface area contributed by atoms with Crippen molar-refractivity contribution in [2.75, 3.05) is 6.61 Å². The van der Waals surface area contributed by atoms with Crippen LogP contribution in [0.25, 0.3) is 0 Å². The fourth-order valence-electron chi connectivity index (χ4n) is 3.28. The van der Waals surface area contributed by atoms with Gasteiger partial charge in [0.05, 0.1) is 12.5 Å². The molecule has 2 heteroatoms. The number of carbonyl (C=O) groups excluding carboxylic acids is 1. The topological polar surface area (TPSA) is 26.3 Å². The van der Waals surface area contributed by atoms with E-state index in [0.717, 1.165) is 31.1 Å². The highest BCUT2D eigenvalue weighted by atomic mass is 16.5. The number of esters is 1. The lowest BCUT2D eigenvalue weighted by Crippen LogP contribution is -2.19. The van der Waals surface area contributed by atoms with Gasteiger partial charge in [-0.2, -0.15) is 0 Å². The first kappa shape index (κ1) is 21.5. The summed E-state index contributed by atoms with van der Waals surface area (Å²) in [4.78, 5) is 12.1. The SMILES string of the molecule is CCCC(C)CCCCC(CCC(C)CCC)C(=O)OCC. The Balaban J connectivity index is 4.10. The van der Waals surface area contributed by atoms with Gasteiger partial charge in [-0.15, -0.1) is 0 Å². The van der Waals surface area contributed by atoms with Crippen molar-refractivity contribution in [1.29, 1.82) is 0 Å². The number of unbranched alkanes of at least 4 members (excludes halogenated alkanes) is 1. The van der Waals surface area contributed by atoms with Gasteiger partial charge in [0.25, 0.3) is 0 Å². The molecule has 0 rings (SSSR count). The molecular formula is C20H40O2. The summed E-state index contributed by atoms with van der Waals surface area (Å²) in [5.74, 6) is 1.72. The van der Waals surface area contributed by atoms with Crippen LogP contribution in [-0.4, -0.2) is 12.6 Å². The molecule has 0 spiro atoms. The second-order valence-corrected chi connectivity index (χ2v) is 7.10. The first-order valence-electron chi connectivity index (χ1n) is 9.71. The van der Waals surface area contributed by atoms with Crippen LogP contribution in [0.2, 0.25) is 0 Å². The van der Waals surface area contributed by atoms with Crippen molar-refractivity contribution in [3.05, 3.63) is 0 Å². The average molecular weight is 313 g/mol. The van der Waals surface area contributed by atoms with Crippen LogP contribution in [0.4, 0.5) is 0 Å². The average Bonchev–Trinajstić information content (AvgIpc) is 2.47. The van der Waals surface area contributed by atoms with E-state index in [-0.39, 0.29) is 11.9 Å². The molecule has 0 aromatic heterocycles. The lowest BCUT2D eigenvalue weighted by molar-refractivity contribution is -0.148. The van der Waals surface area contributed by atoms with Gasteiger partial charge in [0.2, 0.25) is 0 Å². The minimum Gasteiger partial charge on any atom is -0.466 e. The van der Waals surface area contributed by atoms with Crippen LogP contribution in [0.1, 0.15) is 98.8 Å². The predicted octanol–water partition coefficient (Wildman–Crippen LogP) is 6.38. The summed E-state index contributed by atoms with van der Waals surface area (Å²) < 4.78 is 5.27. The van der Waals surface area contributed by atoms with E-state index in [1.807, 2.05) is 6.92 Å². The maximum absolute atomic E-state index is 12.1. The van der Waals surface area contributed by atoms with Gasteiger partial charge in [0.1, 0.15) is 0 Å². The monoisotopic (exact) mass is 312 g/mol. The first-order valence-corrected chi connectivity index (χ1v) is 9.71. The number of carbonyl (C=O) groups is 1. The maximum atomic E-state index is 12.1. The molecule has 0 amide bonds. The van der Waals surface area contributed by atoms with Crippen molar-refractivity contribution in [3.8, 4) is 0 Å². The van der Waals surface area contributed by atoms with Gasteiger partial charge in [-0.3, -0.25) is 4.79 Å². The van der Waals surface area contributed by atoms with Crippen LogP contribution in [0.5, 0.6) is 0 Å². The van der Waals surface area contributed by atoms with Gasteiger partial charge in [-0.1, -0.05) is 72.6 Å². The van der Waals surface area contributed by atoms with Gasteiger partial charge >= 0.3 is 5.97 Å². The Morgan fingerprint density at radius 3 is 1.86 bits per heavy atom. The second kappa shape index (κ2) is 14.1. The highest BCUT2D eigenvalue weighted by molar-refractivity contribution is 5.72. The Morgan fingerprint density at radius 2 is 1.32 bits per heavy atom. The molecule has 0 bridgehead atoms. The molecule has 2 nitrogen and oxygen atoms in total. The predicted molar refractivity (Wildman–Crippen MR) is 96.0 cm³/mol. The Hall–Kier alpha value is -0.530. The van der Waals surface area contributed by atoms with E-state index >= 15 is 0 Å². The van der Waals surface area contributed by atoms with Crippen LogP contribution in [-0.2, 0) is 9.53 Å². The van der Waals surface area contributed by atoms with Crippen LogP contribution < -0.4 is 0 Å². The third-order valence-electron chi connectivity index (χ3n) is 4.69. The molecule has 0 saturated carbocycles. The minimum atomic E-state index is 0.0350. The van der Waals surface area contributed by atoms with Gasteiger partial charge in [0, 0.05) is 0 Å². The third-order valence-corrected chi connectivity index (χ3v) is 4.69. The van der Waals surface area contributed by atoms with Crippen LogP contribution in [0.15, 0.2) is 0 Å². The number of hydrogen-bond acceptors (Lipinski definition) is 2. The molecule has 0 fully saturated rings. The molecule has 3 unspecified atom stereocenters. The minimum absolute atomic E-state index is 0.0350. The van der Waals surface area contributed by atoms with E-state index in [1.54, 1.807) is 0 Å². The Kier molecular flexibility index (Phi) is 13.7. The zero-order chi connectivity index (χ0) is 16.8. The summed E-state index contributed by atoms with van der Waals surface area (Å²) in [6.45, 7) is 11.5. The molecule has 3 atom stereocenters. The summed E-state index contributed by atoms with van der Waals surface area (Å²) >= 11 is 0. The van der Waals surface area contributed by atoms with Gasteiger partial charge in [0.15, 0.2) is 0 Å². The highest BCUT2D eigenvalue weighted by Gasteiger charge is 2.20. The van der Waals surface area contributed by atoms with Crippen LogP contribution in [0, 0.1) is 17.8 Å². The van der Waals surface area contributed by atoms with Crippen molar-refractivity contribution >= 4 is 5.97 Å². The molecule has 0 aliphatic carbocycles. The van der Waals surface area contributed by atoms with E-state index in [2.05, 4.69) is 27.7 Å². The molecular weight excluding hydrogens is 272 g/mol. The standard InChI is InChI=1S/C20H40O2/c1-6-11-17(4)13-9-10-14-19(20(21)22-8-3)16-15-18(5)12-7-2/h17-19H,6-16H2,1-5H3. The lowest BCUT2D eigenvalue weighted by Gasteiger charge is -2.18. The molecule has 0 aromatic rings. The van der Waals surface area contributed by atoms with Gasteiger partial charge in [-0.25, -0.2) is 0 Å². The fourth-order valence-corrected chi connectivity index (χ4v) is 3.28. The smallest absolute Gasteiger partial charge is 0.308 e. The van der Waals surface area contributed by atoms with Crippen molar-refractivity contribution in [3.63, 3.8) is 0 Å². The van der Waals surface area contributed by atoms with Gasteiger partial charge in [-0.05, 0) is 38.0 Å². The second-order valence-electron chi connectivity index (χ2n) is 7.10. The number of ether oxygens (including phenoxy) is 1. The summed E-state index contributed by atoms with van der Waals surface area (Å²) in [6.07, 6.45) is 12.0. The fraction of sp³-hybridized carbons (Fsp3) is 0.950. The maximum Gasteiger partial charge on any atom is 0.308 e. The normalized spacial score (nSPS) is 15.3. The Morgan fingerprint density at radius 1 is 0.773 bits per heavy atom. The van der Waals surface area contributed by atoms with E-state index in [9.17, 15) is 4.79 Å². The molecule has 0 aromatic carbocycles. The molecule has 0 aliphatic rings. The molecule has 22 heavy (non-hydrogen) atoms. The summed E-state index contributed by atoms with van der Waals surface area (Å²) in [7, 11) is 0. The Labute approximate surface area is 139 Å². The van der Waals surface area contributed by atoms with E-state index in [4.69, 9.17) is 4.74 Å². The molecule has 0 aliphatic heterocycles. The highest BCUT2D eigenvalue weighted by Crippen LogP contribution is 2.23. The number of rotatable bonds is 14.